The van der Waals surface area contributed by atoms with Gasteiger partial charge in [-0.3, -0.25) is 15.4 Å². The molecule has 0 saturated carbocycles. The van der Waals surface area contributed by atoms with E-state index in [4.69, 9.17) is 5.73 Å². The minimum atomic E-state index is -0.289. The van der Waals surface area contributed by atoms with Gasteiger partial charge in [-0.25, -0.2) is 0 Å². The van der Waals surface area contributed by atoms with Crippen molar-refractivity contribution in [2.24, 2.45) is 5.73 Å². The average Bonchev–Trinajstić information content (AvgIpc) is 1.63. The van der Waals surface area contributed by atoms with E-state index in [-0.39, 0.29) is 19.2 Å². The van der Waals surface area contributed by atoms with E-state index < -0.39 is 0 Å². The highest BCUT2D eigenvalue weighted by Crippen LogP contribution is 1.77. The molecule has 9 heavy (non-hydrogen) atoms. The van der Waals surface area contributed by atoms with Crippen LogP contribution in [0.2, 0.25) is 0 Å². The normalized spacial score (nSPS) is 9.78. The number of esters is 1. The molecule has 0 aliphatic carbocycles. The minimum Gasteiger partial charge on any atom is -0.449 e. The first-order valence-corrected chi connectivity index (χ1v) is 2.67. The van der Waals surface area contributed by atoms with Crippen molar-refractivity contribution in [1.82, 2.24) is 4.90 Å². The molecule has 0 aromatic rings. The second-order valence-corrected chi connectivity index (χ2v) is 1.92. The predicted molar refractivity (Wildman–Crippen MR) is 33.7 cm³/mol. The first-order valence-electron chi connectivity index (χ1n) is 2.67. The van der Waals surface area contributed by atoms with Crippen LogP contribution in [0.5, 0.6) is 0 Å². The Morgan fingerprint density at radius 1 is 1.67 bits per heavy atom. The van der Waals surface area contributed by atoms with Crippen LogP contribution in [-0.2, 0) is 9.53 Å². The standard InChI is InChI=1S/C5H12N2O2/c1-7(2)3-5(8)9-4-6/h3-4,6H2,1-2H3. The molecule has 0 spiro atoms. The largest absolute Gasteiger partial charge is 0.449 e. The highest BCUT2D eigenvalue weighted by atomic mass is 16.5. The molecule has 0 saturated heterocycles. The zero-order valence-electron chi connectivity index (χ0n) is 5.76. The summed E-state index contributed by atoms with van der Waals surface area (Å²) >= 11 is 0. The SMILES string of the molecule is CN(C)CC(=O)OCN. The number of nitrogens with zero attached hydrogens (tertiary/aromatic N) is 1. The fraction of sp³-hybridized carbons (Fsp3) is 0.800. The quantitative estimate of drug-likeness (QED) is 0.395. The van der Waals surface area contributed by atoms with Gasteiger partial charge in [0.05, 0.1) is 6.54 Å². The van der Waals surface area contributed by atoms with E-state index in [1.165, 1.54) is 0 Å². The number of hydrogen-bond donors (Lipinski definition) is 1. The molecule has 0 aromatic carbocycles. The Kier molecular flexibility index (Phi) is 4.00. The monoisotopic (exact) mass is 132 g/mol. The van der Waals surface area contributed by atoms with Gasteiger partial charge in [0.1, 0.15) is 6.73 Å². The van der Waals surface area contributed by atoms with Crippen molar-refractivity contribution in [3.8, 4) is 0 Å². The van der Waals surface area contributed by atoms with Gasteiger partial charge in [0, 0.05) is 0 Å². The van der Waals surface area contributed by atoms with E-state index >= 15 is 0 Å². The van der Waals surface area contributed by atoms with Gasteiger partial charge in [-0.2, -0.15) is 0 Å². The van der Waals surface area contributed by atoms with Crippen molar-refractivity contribution >= 4 is 5.97 Å². The van der Waals surface area contributed by atoms with E-state index in [0.29, 0.717) is 0 Å². The van der Waals surface area contributed by atoms with Crippen LogP contribution in [0.4, 0.5) is 0 Å². The molecule has 0 rings (SSSR count). The molecule has 0 atom stereocenters. The lowest BCUT2D eigenvalue weighted by Crippen LogP contribution is -2.25. The van der Waals surface area contributed by atoms with Crippen molar-refractivity contribution in [2.75, 3.05) is 27.4 Å². The maximum atomic E-state index is 10.5. The summed E-state index contributed by atoms with van der Waals surface area (Å²) in [5.41, 5.74) is 4.94. The summed E-state index contributed by atoms with van der Waals surface area (Å²) in [5, 5.41) is 0. The molecule has 0 aliphatic heterocycles. The van der Waals surface area contributed by atoms with Gasteiger partial charge in [-0.15, -0.1) is 0 Å². The third kappa shape index (κ3) is 5.26. The average molecular weight is 132 g/mol. The van der Waals surface area contributed by atoms with E-state index in [0.717, 1.165) is 0 Å². The van der Waals surface area contributed by atoms with Gasteiger partial charge in [0.15, 0.2) is 0 Å². The van der Waals surface area contributed by atoms with Crippen molar-refractivity contribution in [1.29, 1.82) is 0 Å². The number of hydrogen-bond acceptors (Lipinski definition) is 4. The molecule has 2 N–H and O–H groups in total. The third-order valence-electron chi connectivity index (χ3n) is 0.690. The van der Waals surface area contributed by atoms with Crippen molar-refractivity contribution in [3.63, 3.8) is 0 Å². The number of rotatable bonds is 3. The summed E-state index contributed by atoms with van der Waals surface area (Å²) in [6.45, 7) is 0.254. The van der Waals surface area contributed by atoms with Crippen molar-refractivity contribution in [3.05, 3.63) is 0 Å². The van der Waals surface area contributed by atoms with Gasteiger partial charge >= 0.3 is 5.97 Å². The first kappa shape index (κ1) is 8.39. The molecule has 0 fully saturated rings. The molecule has 0 bridgehead atoms. The van der Waals surface area contributed by atoms with E-state index in [2.05, 4.69) is 4.74 Å². The highest BCUT2D eigenvalue weighted by molar-refractivity contribution is 5.71. The molecular weight excluding hydrogens is 120 g/mol. The second-order valence-electron chi connectivity index (χ2n) is 1.92. The summed E-state index contributed by atoms with van der Waals surface area (Å²) in [6, 6.07) is 0. The zero-order chi connectivity index (χ0) is 7.28. The smallest absolute Gasteiger partial charge is 0.321 e. The Labute approximate surface area is 54.6 Å². The Hall–Kier alpha value is -0.610. The Morgan fingerprint density at radius 3 is 2.56 bits per heavy atom. The third-order valence-corrected chi connectivity index (χ3v) is 0.690. The Balaban J connectivity index is 3.27. The van der Waals surface area contributed by atoms with Crippen LogP contribution in [0.15, 0.2) is 0 Å². The molecule has 0 radical (unpaired) electrons. The van der Waals surface area contributed by atoms with Crippen LogP contribution in [0.3, 0.4) is 0 Å². The lowest BCUT2D eigenvalue weighted by atomic mass is 10.6. The molecular formula is C5H12N2O2. The van der Waals surface area contributed by atoms with Crippen LogP contribution in [0.25, 0.3) is 0 Å². The van der Waals surface area contributed by atoms with Gasteiger partial charge in [-0.1, -0.05) is 0 Å². The van der Waals surface area contributed by atoms with Crippen LogP contribution < -0.4 is 5.73 Å². The van der Waals surface area contributed by atoms with Gasteiger partial charge in [0.25, 0.3) is 0 Å². The number of nitrogens with two attached hydrogens (primary N) is 1. The van der Waals surface area contributed by atoms with Crippen LogP contribution >= 0.6 is 0 Å². The molecule has 0 amide bonds. The number of ether oxygens (including phenoxy) is 1. The summed E-state index contributed by atoms with van der Waals surface area (Å²) in [7, 11) is 3.58. The van der Waals surface area contributed by atoms with Gasteiger partial charge in [0.2, 0.25) is 0 Å². The van der Waals surface area contributed by atoms with Gasteiger partial charge in [-0.05, 0) is 14.1 Å². The Morgan fingerprint density at radius 2 is 2.22 bits per heavy atom. The van der Waals surface area contributed by atoms with Gasteiger partial charge < -0.3 is 4.74 Å². The Bertz CT molecular complexity index is 93.0. The maximum absolute atomic E-state index is 10.5. The fourth-order valence-corrected chi connectivity index (χ4v) is 0.397. The summed E-state index contributed by atoms with van der Waals surface area (Å²) in [5.74, 6) is -0.289. The molecule has 54 valence electrons. The molecule has 0 heterocycles. The lowest BCUT2D eigenvalue weighted by Gasteiger charge is -2.06. The fourth-order valence-electron chi connectivity index (χ4n) is 0.397. The molecule has 4 heteroatoms. The zero-order valence-corrected chi connectivity index (χ0v) is 5.76. The molecule has 4 nitrogen and oxygen atoms in total. The second kappa shape index (κ2) is 4.29. The summed E-state index contributed by atoms with van der Waals surface area (Å²) in [6.07, 6.45) is 0. The topological polar surface area (TPSA) is 55.6 Å². The van der Waals surface area contributed by atoms with E-state index in [1.807, 2.05) is 0 Å². The van der Waals surface area contributed by atoms with E-state index in [9.17, 15) is 4.79 Å². The number of carbonyl (C=O) groups is 1. The predicted octanol–water partition coefficient (Wildman–Crippen LogP) is -0.993. The molecule has 0 aromatic heterocycles. The molecule has 0 unspecified atom stereocenters. The first-order chi connectivity index (χ1) is 4.16. The minimum absolute atomic E-state index is 0.0350. The maximum Gasteiger partial charge on any atom is 0.321 e. The van der Waals surface area contributed by atoms with E-state index in [1.54, 1.807) is 19.0 Å². The summed E-state index contributed by atoms with van der Waals surface area (Å²) < 4.78 is 4.45. The number of likely N-dealkylation sites (N-methyl/N-ethyl adjacent to an activating group) is 1. The number of carbonyl (C=O) groups excluding carboxylic acids is 1. The molecule has 0 aliphatic rings. The van der Waals surface area contributed by atoms with Crippen LogP contribution in [0, 0.1) is 0 Å². The lowest BCUT2D eigenvalue weighted by molar-refractivity contribution is -0.144. The van der Waals surface area contributed by atoms with Crippen LogP contribution in [0.1, 0.15) is 0 Å². The van der Waals surface area contributed by atoms with Crippen molar-refractivity contribution in [2.45, 2.75) is 0 Å². The summed E-state index contributed by atoms with van der Waals surface area (Å²) in [4.78, 5) is 12.2. The highest BCUT2D eigenvalue weighted by Gasteiger charge is 2.00. The van der Waals surface area contributed by atoms with Crippen LogP contribution in [-0.4, -0.2) is 38.2 Å². The van der Waals surface area contributed by atoms with Crippen molar-refractivity contribution < 1.29 is 9.53 Å².